The Bertz CT molecular complexity index is 617. The highest BCUT2D eigenvalue weighted by Gasteiger charge is 2.54. The van der Waals surface area contributed by atoms with Crippen LogP contribution in [0.15, 0.2) is 11.6 Å². The van der Waals surface area contributed by atoms with Crippen LogP contribution in [0.25, 0.3) is 0 Å². The number of carboxylic acids is 1. The first kappa shape index (κ1) is 21.9. The van der Waals surface area contributed by atoms with Crippen LogP contribution in [0.3, 0.4) is 0 Å². The van der Waals surface area contributed by atoms with Gasteiger partial charge in [0, 0.05) is 6.42 Å². The van der Waals surface area contributed by atoms with Crippen LogP contribution in [-0.4, -0.2) is 45.7 Å². The molecule has 0 saturated carbocycles. The molecule has 2 bridgehead atoms. The summed E-state index contributed by atoms with van der Waals surface area (Å²) >= 11 is 0. The molecular formula is C22H34O5. The van der Waals surface area contributed by atoms with Crippen LogP contribution in [0.2, 0.25) is 0 Å². The molecule has 2 aliphatic heterocycles. The molecule has 2 heterocycles. The summed E-state index contributed by atoms with van der Waals surface area (Å²) in [4.78, 5) is 11.1. The number of terminal acetylenes is 1. The second kappa shape index (κ2) is 8.34. The highest BCUT2D eigenvalue weighted by atomic mass is 16.6. The van der Waals surface area contributed by atoms with Crippen LogP contribution in [-0.2, 0) is 14.3 Å². The summed E-state index contributed by atoms with van der Waals surface area (Å²) in [7, 11) is 0. The zero-order chi connectivity index (χ0) is 20.3. The fourth-order valence-corrected chi connectivity index (χ4v) is 4.19. The minimum absolute atomic E-state index is 0.00379. The first-order chi connectivity index (χ1) is 12.5. The van der Waals surface area contributed by atoms with Gasteiger partial charge in [-0.3, -0.25) is 4.79 Å². The number of ether oxygens (including phenoxy) is 2. The van der Waals surface area contributed by atoms with Crippen molar-refractivity contribution in [1.82, 2.24) is 0 Å². The Kier molecular flexibility index (Phi) is 6.78. The molecule has 0 aromatic heterocycles. The largest absolute Gasteiger partial charge is 0.481 e. The van der Waals surface area contributed by atoms with Gasteiger partial charge < -0.3 is 19.7 Å². The quantitative estimate of drug-likeness (QED) is 0.473. The van der Waals surface area contributed by atoms with Gasteiger partial charge in [0.05, 0.1) is 24.7 Å². The van der Waals surface area contributed by atoms with Crippen molar-refractivity contribution >= 4 is 5.97 Å². The van der Waals surface area contributed by atoms with Crippen molar-refractivity contribution in [2.45, 2.75) is 95.5 Å². The van der Waals surface area contributed by atoms with Crippen LogP contribution in [0.4, 0.5) is 0 Å². The number of rotatable bonds is 9. The lowest BCUT2D eigenvalue weighted by Gasteiger charge is -2.44. The molecule has 0 spiro atoms. The first-order valence-corrected chi connectivity index (χ1v) is 9.91. The van der Waals surface area contributed by atoms with E-state index >= 15 is 0 Å². The number of hydrogen-bond donors (Lipinski definition) is 2. The van der Waals surface area contributed by atoms with Gasteiger partial charge in [-0.2, -0.15) is 0 Å². The average Bonchev–Trinajstić information content (AvgIpc) is 2.96. The standard InChI is InChI=1S/C22H34O5/c1-6-22(25,13-9-16(2)3)17(4)8-7-11-20(5)18-10-12-21(27-18,15-26-20)14-19(23)24/h1,9,17-18,25H,7-8,10-15H2,2-5H3,(H,23,24)/t17?,18?,20?,21-,22?/m1/s1. The third kappa shape index (κ3) is 5.13. The minimum atomic E-state index is -1.13. The second-order valence-corrected chi connectivity index (χ2v) is 8.85. The average molecular weight is 379 g/mol. The van der Waals surface area contributed by atoms with Crippen molar-refractivity contribution in [3.8, 4) is 12.3 Å². The first-order valence-electron chi connectivity index (χ1n) is 9.91. The Morgan fingerprint density at radius 1 is 1.48 bits per heavy atom. The second-order valence-electron chi connectivity index (χ2n) is 8.85. The van der Waals surface area contributed by atoms with E-state index in [0.717, 1.165) is 37.7 Å². The topological polar surface area (TPSA) is 76.0 Å². The van der Waals surface area contributed by atoms with E-state index in [0.29, 0.717) is 13.0 Å². The van der Waals surface area contributed by atoms with E-state index < -0.39 is 22.8 Å². The smallest absolute Gasteiger partial charge is 0.306 e. The van der Waals surface area contributed by atoms with Crippen molar-refractivity contribution in [1.29, 1.82) is 0 Å². The molecule has 5 heteroatoms. The molecule has 2 aliphatic rings. The molecule has 2 saturated heterocycles. The number of hydrogen-bond acceptors (Lipinski definition) is 4. The summed E-state index contributed by atoms with van der Waals surface area (Å²) in [6.07, 6.45) is 12.0. The molecular weight excluding hydrogens is 344 g/mol. The lowest BCUT2D eigenvalue weighted by atomic mass is 9.81. The highest BCUT2D eigenvalue weighted by Crippen LogP contribution is 2.46. The molecule has 2 fully saturated rings. The number of fused-ring (bicyclic) bond motifs is 2. The molecule has 5 atom stereocenters. The van der Waals surface area contributed by atoms with Crippen molar-refractivity contribution in [3.05, 3.63) is 11.6 Å². The van der Waals surface area contributed by atoms with Gasteiger partial charge in [0.1, 0.15) is 11.2 Å². The number of carbonyl (C=O) groups is 1. The Balaban J connectivity index is 1.89. The third-order valence-electron chi connectivity index (χ3n) is 6.27. The highest BCUT2D eigenvalue weighted by molar-refractivity contribution is 5.68. The van der Waals surface area contributed by atoms with Gasteiger partial charge in [-0.15, -0.1) is 6.42 Å². The maximum atomic E-state index is 11.1. The molecule has 5 nitrogen and oxygen atoms in total. The van der Waals surface area contributed by atoms with E-state index in [9.17, 15) is 9.90 Å². The zero-order valence-electron chi connectivity index (χ0n) is 17.1. The van der Waals surface area contributed by atoms with E-state index in [1.165, 1.54) is 0 Å². The summed E-state index contributed by atoms with van der Waals surface area (Å²) in [5, 5.41) is 19.9. The van der Waals surface area contributed by atoms with E-state index in [2.05, 4.69) is 12.8 Å². The van der Waals surface area contributed by atoms with Gasteiger partial charge in [0.2, 0.25) is 0 Å². The molecule has 27 heavy (non-hydrogen) atoms. The van der Waals surface area contributed by atoms with Crippen LogP contribution >= 0.6 is 0 Å². The summed E-state index contributed by atoms with van der Waals surface area (Å²) in [5.74, 6) is 1.71. The molecule has 2 rings (SSSR count). The monoisotopic (exact) mass is 378 g/mol. The van der Waals surface area contributed by atoms with Crippen molar-refractivity contribution in [3.63, 3.8) is 0 Å². The zero-order valence-corrected chi connectivity index (χ0v) is 17.1. The Morgan fingerprint density at radius 3 is 2.78 bits per heavy atom. The van der Waals surface area contributed by atoms with Crippen molar-refractivity contribution in [2.24, 2.45) is 5.92 Å². The van der Waals surface area contributed by atoms with E-state index in [1.807, 2.05) is 26.8 Å². The Morgan fingerprint density at radius 2 is 2.19 bits per heavy atom. The number of aliphatic carboxylic acids is 1. The van der Waals surface area contributed by atoms with Crippen LogP contribution in [0.5, 0.6) is 0 Å². The van der Waals surface area contributed by atoms with Gasteiger partial charge in [0.15, 0.2) is 0 Å². The molecule has 152 valence electrons. The number of allylic oxidation sites excluding steroid dienone is 1. The Hall–Kier alpha value is -1.35. The predicted octanol–water partition coefficient (Wildman–Crippen LogP) is 3.69. The van der Waals surface area contributed by atoms with Crippen LogP contribution in [0, 0.1) is 18.3 Å². The molecule has 0 aromatic rings. The van der Waals surface area contributed by atoms with Crippen molar-refractivity contribution < 1.29 is 24.5 Å². The van der Waals surface area contributed by atoms with Gasteiger partial charge >= 0.3 is 5.97 Å². The number of carboxylic acid groups (broad SMARTS) is 1. The molecule has 4 unspecified atom stereocenters. The molecule has 2 N–H and O–H groups in total. The molecule has 0 radical (unpaired) electrons. The lowest BCUT2D eigenvalue weighted by Crippen LogP contribution is -2.53. The van der Waals surface area contributed by atoms with Crippen LogP contribution < -0.4 is 0 Å². The number of aliphatic hydroxyl groups is 1. The molecule has 0 aliphatic carbocycles. The van der Waals surface area contributed by atoms with Gasteiger partial charge in [0.25, 0.3) is 0 Å². The fourth-order valence-electron chi connectivity index (χ4n) is 4.19. The minimum Gasteiger partial charge on any atom is -0.481 e. The molecule has 0 aromatic carbocycles. The normalized spacial score (nSPS) is 33.0. The van der Waals surface area contributed by atoms with Crippen molar-refractivity contribution in [2.75, 3.05) is 6.61 Å². The summed E-state index contributed by atoms with van der Waals surface area (Å²) in [6, 6.07) is 0. The van der Waals surface area contributed by atoms with Crippen LogP contribution in [0.1, 0.15) is 72.6 Å². The van der Waals surface area contributed by atoms with E-state index in [4.69, 9.17) is 21.0 Å². The predicted molar refractivity (Wildman–Crippen MR) is 104 cm³/mol. The van der Waals surface area contributed by atoms with Gasteiger partial charge in [-0.25, -0.2) is 0 Å². The third-order valence-corrected chi connectivity index (χ3v) is 6.27. The maximum absolute atomic E-state index is 11.1. The maximum Gasteiger partial charge on any atom is 0.306 e. The van der Waals surface area contributed by atoms with E-state index in [-0.39, 0.29) is 18.4 Å². The summed E-state index contributed by atoms with van der Waals surface area (Å²) in [5.41, 5.74) is -1.06. The fraction of sp³-hybridized carbons (Fsp3) is 0.773. The van der Waals surface area contributed by atoms with Gasteiger partial charge in [-0.1, -0.05) is 30.9 Å². The van der Waals surface area contributed by atoms with E-state index in [1.54, 1.807) is 0 Å². The Labute approximate surface area is 163 Å². The van der Waals surface area contributed by atoms with Gasteiger partial charge in [-0.05, 0) is 52.4 Å². The molecule has 0 amide bonds. The summed E-state index contributed by atoms with van der Waals surface area (Å²) < 4.78 is 12.3. The SMILES string of the molecule is C#CC(O)(CC=C(C)C)C(C)CCCC1(C)OC[C@]2(CC(=O)O)CCC1O2. The summed E-state index contributed by atoms with van der Waals surface area (Å²) in [6.45, 7) is 8.36. The lowest BCUT2D eigenvalue weighted by molar-refractivity contribution is -0.243.